The zero-order valence-electron chi connectivity index (χ0n) is 18.8. The number of nitrogens with zero attached hydrogens (tertiary/aromatic N) is 1. The van der Waals surface area contributed by atoms with Crippen molar-refractivity contribution in [1.29, 1.82) is 0 Å². The summed E-state index contributed by atoms with van der Waals surface area (Å²) in [6.07, 6.45) is 1.96. The van der Waals surface area contributed by atoms with Crippen molar-refractivity contribution in [3.05, 3.63) is 46.6 Å². The van der Waals surface area contributed by atoms with E-state index in [1.807, 2.05) is 24.4 Å². The summed E-state index contributed by atoms with van der Waals surface area (Å²) in [7, 11) is 0. The molecule has 0 fully saturated rings. The Morgan fingerprint density at radius 3 is 1.89 bits per heavy atom. The first kappa shape index (κ1) is 22.6. The van der Waals surface area contributed by atoms with E-state index in [4.69, 9.17) is 0 Å². The number of rotatable bonds is 5. The van der Waals surface area contributed by atoms with E-state index in [1.54, 1.807) is 11.8 Å². The van der Waals surface area contributed by atoms with Crippen molar-refractivity contribution < 1.29 is 9.90 Å². The monoisotopic (exact) mass is 401 g/mol. The maximum Gasteiger partial charge on any atom is 0.194 e. The van der Waals surface area contributed by atoms with Crippen molar-refractivity contribution in [1.82, 2.24) is 4.57 Å². The van der Waals surface area contributed by atoms with Crippen LogP contribution < -0.4 is 0 Å². The molecule has 0 aliphatic rings. The maximum atomic E-state index is 13.4. The highest BCUT2D eigenvalue weighted by Crippen LogP contribution is 2.40. The zero-order valence-corrected chi connectivity index (χ0v) is 19.6. The van der Waals surface area contributed by atoms with Gasteiger partial charge in [-0.05, 0) is 48.6 Å². The van der Waals surface area contributed by atoms with E-state index in [9.17, 15) is 9.90 Å². The van der Waals surface area contributed by atoms with E-state index in [0.29, 0.717) is 22.9 Å². The van der Waals surface area contributed by atoms with Crippen LogP contribution >= 0.6 is 11.8 Å². The molecule has 0 unspecified atom stereocenters. The highest BCUT2D eigenvalue weighted by Gasteiger charge is 2.28. The first-order chi connectivity index (χ1) is 12.8. The normalized spacial score (nSPS) is 12.6. The smallest absolute Gasteiger partial charge is 0.194 e. The number of aromatic hydroxyl groups is 1. The third-order valence-electron chi connectivity index (χ3n) is 4.91. The Labute approximate surface area is 174 Å². The number of ketones is 1. The van der Waals surface area contributed by atoms with Crippen LogP contribution in [0, 0.1) is 0 Å². The lowest BCUT2D eigenvalue weighted by molar-refractivity contribution is 0.103. The molecule has 0 atom stereocenters. The van der Waals surface area contributed by atoms with Crippen LogP contribution in [0.25, 0.3) is 0 Å². The molecule has 0 aliphatic carbocycles. The molecule has 0 radical (unpaired) electrons. The topological polar surface area (TPSA) is 42.2 Å². The summed E-state index contributed by atoms with van der Waals surface area (Å²) in [5.41, 5.74) is 2.46. The van der Waals surface area contributed by atoms with Gasteiger partial charge in [-0.15, -0.1) is 11.8 Å². The molecular formula is C24H35NO2S. The van der Waals surface area contributed by atoms with Gasteiger partial charge in [0.05, 0.1) is 5.03 Å². The minimum absolute atomic E-state index is 0.00773. The van der Waals surface area contributed by atoms with Gasteiger partial charge in [-0.25, -0.2) is 0 Å². The summed E-state index contributed by atoms with van der Waals surface area (Å²) in [6.45, 7) is 18.8. The van der Waals surface area contributed by atoms with Crippen molar-refractivity contribution in [2.75, 3.05) is 5.75 Å². The molecule has 0 saturated carbocycles. The Kier molecular flexibility index (Phi) is 6.44. The average Bonchev–Trinajstić information content (AvgIpc) is 2.96. The molecule has 1 aromatic heterocycles. The molecule has 1 aromatic carbocycles. The van der Waals surface area contributed by atoms with Crippen LogP contribution in [0.5, 0.6) is 5.75 Å². The number of benzene rings is 1. The Balaban J connectivity index is 2.64. The van der Waals surface area contributed by atoms with Gasteiger partial charge < -0.3 is 9.67 Å². The molecule has 4 heteroatoms. The molecule has 0 bridgehead atoms. The summed E-state index contributed by atoms with van der Waals surface area (Å²) in [6, 6.07) is 6.03. The quantitative estimate of drug-likeness (QED) is 0.447. The highest BCUT2D eigenvalue weighted by molar-refractivity contribution is 7.99. The van der Waals surface area contributed by atoms with E-state index in [1.165, 1.54) is 0 Å². The van der Waals surface area contributed by atoms with Gasteiger partial charge in [0.1, 0.15) is 5.75 Å². The summed E-state index contributed by atoms with van der Waals surface area (Å²) in [5, 5.41) is 12.0. The van der Waals surface area contributed by atoms with Gasteiger partial charge in [0.2, 0.25) is 0 Å². The van der Waals surface area contributed by atoms with Gasteiger partial charge in [0.25, 0.3) is 0 Å². The van der Waals surface area contributed by atoms with Crippen LogP contribution in [-0.4, -0.2) is 21.2 Å². The minimum atomic E-state index is -0.256. The van der Waals surface area contributed by atoms with Gasteiger partial charge in [0, 0.05) is 34.5 Å². The van der Waals surface area contributed by atoms with Crippen molar-refractivity contribution in [3.8, 4) is 5.75 Å². The first-order valence-corrected chi connectivity index (χ1v) is 11.0. The molecule has 28 heavy (non-hydrogen) atoms. The second-order valence-electron chi connectivity index (χ2n) is 9.75. The number of thioether (sulfide) groups is 1. The summed E-state index contributed by atoms with van der Waals surface area (Å²) in [5.74, 6) is 1.28. The first-order valence-electron chi connectivity index (χ1n) is 10.0. The van der Waals surface area contributed by atoms with Gasteiger partial charge >= 0.3 is 0 Å². The van der Waals surface area contributed by atoms with Crippen LogP contribution in [0.4, 0.5) is 0 Å². The second kappa shape index (κ2) is 7.98. The van der Waals surface area contributed by atoms with E-state index in [2.05, 4.69) is 66.9 Å². The van der Waals surface area contributed by atoms with Crippen molar-refractivity contribution >= 4 is 17.5 Å². The largest absolute Gasteiger partial charge is 0.507 e. The minimum Gasteiger partial charge on any atom is -0.507 e. The number of carbonyl (C=O) groups excluding carboxylic acids is 1. The van der Waals surface area contributed by atoms with Gasteiger partial charge in [-0.3, -0.25) is 4.79 Å². The van der Waals surface area contributed by atoms with Gasteiger partial charge in [-0.1, -0.05) is 48.5 Å². The lowest BCUT2D eigenvalue weighted by atomic mass is 9.78. The lowest BCUT2D eigenvalue weighted by Gasteiger charge is -2.28. The molecule has 154 valence electrons. The van der Waals surface area contributed by atoms with E-state index in [0.717, 1.165) is 21.9 Å². The number of hydrogen-bond donors (Lipinski definition) is 1. The average molecular weight is 402 g/mol. The number of phenols is 1. The highest BCUT2D eigenvalue weighted by atomic mass is 32.2. The second-order valence-corrected chi connectivity index (χ2v) is 11.0. The molecule has 0 aliphatic heterocycles. The number of phenolic OH excluding ortho intramolecular Hbond substituents is 1. The predicted octanol–water partition coefficient (Wildman–Crippen LogP) is 6.71. The molecule has 0 amide bonds. The van der Waals surface area contributed by atoms with Gasteiger partial charge in [0.15, 0.2) is 5.78 Å². The SMILES string of the molecule is CCSc1cc(C(=O)c2cc(C(C)(C)C)c(O)c(C(C)(C)C)c2)cn1C(C)C. The Morgan fingerprint density at radius 1 is 1.00 bits per heavy atom. The molecule has 3 nitrogen and oxygen atoms in total. The molecule has 2 aromatic rings. The maximum absolute atomic E-state index is 13.4. The molecule has 0 saturated heterocycles. The fraction of sp³-hybridized carbons (Fsp3) is 0.542. The van der Waals surface area contributed by atoms with E-state index >= 15 is 0 Å². The van der Waals surface area contributed by atoms with E-state index in [-0.39, 0.29) is 16.6 Å². The van der Waals surface area contributed by atoms with Crippen LogP contribution in [0.15, 0.2) is 29.4 Å². The van der Waals surface area contributed by atoms with E-state index < -0.39 is 0 Å². The van der Waals surface area contributed by atoms with Crippen molar-refractivity contribution in [2.24, 2.45) is 0 Å². The molecule has 1 heterocycles. The predicted molar refractivity (Wildman–Crippen MR) is 120 cm³/mol. The van der Waals surface area contributed by atoms with Crippen LogP contribution in [0.3, 0.4) is 0 Å². The summed E-state index contributed by atoms with van der Waals surface area (Å²) in [4.78, 5) is 13.4. The van der Waals surface area contributed by atoms with Crippen molar-refractivity contribution in [3.63, 3.8) is 0 Å². The van der Waals surface area contributed by atoms with Crippen LogP contribution in [0.1, 0.15) is 95.4 Å². The fourth-order valence-corrected chi connectivity index (χ4v) is 4.24. The summed E-state index contributed by atoms with van der Waals surface area (Å²) < 4.78 is 2.16. The van der Waals surface area contributed by atoms with Crippen LogP contribution in [-0.2, 0) is 10.8 Å². The lowest BCUT2D eigenvalue weighted by Crippen LogP contribution is -2.19. The number of hydrogen-bond acceptors (Lipinski definition) is 3. The molecular weight excluding hydrogens is 366 g/mol. The Hall–Kier alpha value is -1.68. The van der Waals surface area contributed by atoms with Crippen LogP contribution in [0.2, 0.25) is 0 Å². The number of carbonyl (C=O) groups is 1. The van der Waals surface area contributed by atoms with Crippen molar-refractivity contribution in [2.45, 2.75) is 84.2 Å². The molecule has 0 spiro atoms. The summed E-state index contributed by atoms with van der Waals surface area (Å²) >= 11 is 1.75. The molecule has 1 N–H and O–H groups in total. The zero-order chi connectivity index (χ0) is 21.4. The molecule has 2 rings (SSSR count). The third kappa shape index (κ3) is 4.65. The standard InChI is InChI=1S/C24H35NO2S/c1-10-28-20-13-17(14-25(20)15(2)3)21(26)16-11-18(23(4,5)6)22(27)19(12-16)24(7,8)9/h11-15,27H,10H2,1-9H3. The Bertz CT molecular complexity index is 829. The fourth-order valence-electron chi connectivity index (χ4n) is 3.33. The van der Waals surface area contributed by atoms with Gasteiger partial charge in [-0.2, -0.15) is 0 Å². The third-order valence-corrected chi connectivity index (χ3v) is 5.82. The number of aromatic nitrogens is 1. The Morgan fingerprint density at radius 2 is 1.50 bits per heavy atom.